The van der Waals surface area contributed by atoms with Crippen LogP contribution in [-0.2, 0) is 6.11 Å². The molecule has 0 heterocycles. The molecule has 0 saturated carbocycles. The lowest BCUT2D eigenvalue weighted by Gasteiger charge is -2.19. The minimum Gasteiger partial charge on any atom is -0.494 e. The van der Waals surface area contributed by atoms with Crippen molar-refractivity contribution in [2.45, 2.75) is 32.2 Å². The summed E-state index contributed by atoms with van der Waals surface area (Å²) in [5, 5.41) is 0. The summed E-state index contributed by atoms with van der Waals surface area (Å²) < 4.78 is 137. The van der Waals surface area contributed by atoms with E-state index in [2.05, 4.69) is 33.2 Å². The van der Waals surface area contributed by atoms with Crippen molar-refractivity contribution in [3.63, 3.8) is 0 Å². The van der Waals surface area contributed by atoms with E-state index < -0.39 is 63.9 Å². The summed E-state index contributed by atoms with van der Waals surface area (Å²) in [7, 11) is 0. The van der Waals surface area contributed by atoms with E-state index in [9.17, 15) is 39.5 Å². The molecule has 0 bridgehead atoms. The van der Waals surface area contributed by atoms with Crippen LogP contribution in [0.4, 0.5) is 39.5 Å². The predicted molar refractivity (Wildman–Crippen MR) is 149 cm³/mol. The van der Waals surface area contributed by atoms with Crippen molar-refractivity contribution in [2.75, 3.05) is 6.61 Å². The summed E-state index contributed by atoms with van der Waals surface area (Å²) in [6.45, 7) is 2.62. The van der Waals surface area contributed by atoms with E-state index in [0.717, 1.165) is 43.2 Å². The predicted octanol–water partition coefficient (Wildman–Crippen LogP) is 9.25. The fraction of sp³-hybridized carbons (Fsp3) is 0.176. The second-order valence-corrected chi connectivity index (χ2v) is 9.50. The number of hydrogen-bond acceptors (Lipinski definition) is 3. The summed E-state index contributed by atoms with van der Waals surface area (Å²) in [6.07, 6.45) is -7.68. The molecule has 0 aliphatic heterocycles. The highest BCUT2D eigenvalue weighted by atomic mass is 19.4. The van der Waals surface area contributed by atoms with Gasteiger partial charge in [0.1, 0.15) is 28.7 Å². The Morgan fingerprint density at radius 3 is 1.78 bits per heavy atom. The highest BCUT2D eigenvalue weighted by Gasteiger charge is 2.38. The zero-order valence-electron chi connectivity index (χ0n) is 23.7. The van der Waals surface area contributed by atoms with Crippen molar-refractivity contribution >= 4 is 0 Å². The summed E-state index contributed by atoms with van der Waals surface area (Å²) >= 11 is 0. The maximum atomic E-state index is 14.8. The van der Waals surface area contributed by atoms with Crippen molar-refractivity contribution in [3.8, 4) is 40.9 Å². The molecule has 4 rings (SSSR count). The molecule has 238 valence electrons. The Kier molecular flexibility index (Phi) is 10.4. The molecule has 0 atom stereocenters. The van der Waals surface area contributed by atoms with Gasteiger partial charge in [0.15, 0.2) is 11.6 Å². The molecule has 0 fully saturated rings. The lowest BCUT2D eigenvalue weighted by Crippen LogP contribution is -2.23. The molecule has 0 aromatic heterocycles. The van der Waals surface area contributed by atoms with E-state index in [-0.39, 0.29) is 5.56 Å². The fourth-order valence-electron chi connectivity index (χ4n) is 3.79. The van der Waals surface area contributed by atoms with Gasteiger partial charge in [-0.15, -0.1) is 13.2 Å². The van der Waals surface area contributed by atoms with Crippen molar-refractivity contribution in [1.29, 1.82) is 0 Å². The average molecular weight is 649 g/mol. The van der Waals surface area contributed by atoms with E-state index in [1.54, 1.807) is 24.3 Å². The molecule has 0 spiro atoms. The summed E-state index contributed by atoms with van der Waals surface area (Å²) in [6, 6.07) is 12.8. The minimum absolute atomic E-state index is 0.108. The van der Waals surface area contributed by atoms with Gasteiger partial charge in [0.25, 0.3) is 0 Å². The van der Waals surface area contributed by atoms with Crippen LogP contribution in [0.15, 0.2) is 72.8 Å². The quantitative estimate of drug-likeness (QED) is 0.108. The molecule has 0 radical (unpaired) electrons. The molecule has 0 aliphatic carbocycles. The van der Waals surface area contributed by atoms with Gasteiger partial charge in [0.2, 0.25) is 5.75 Å². The Labute approximate surface area is 257 Å². The van der Waals surface area contributed by atoms with Gasteiger partial charge in [-0.2, -0.15) is 8.78 Å². The summed E-state index contributed by atoms with van der Waals surface area (Å²) in [5.41, 5.74) is -1.34. The monoisotopic (exact) mass is 648 g/mol. The second-order valence-electron chi connectivity index (χ2n) is 9.50. The zero-order chi connectivity index (χ0) is 33.5. The molecule has 0 saturated heterocycles. The van der Waals surface area contributed by atoms with E-state index in [0.29, 0.717) is 36.1 Å². The Morgan fingerprint density at radius 1 is 0.587 bits per heavy atom. The number of ether oxygens (including phenoxy) is 3. The molecular weight excluding hydrogens is 627 g/mol. The lowest BCUT2D eigenvalue weighted by atomic mass is 10.1. The topological polar surface area (TPSA) is 27.7 Å². The molecule has 0 amide bonds. The highest BCUT2D eigenvalue weighted by molar-refractivity contribution is 5.48. The van der Waals surface area contributed by atoms with Gasteiger partial charge < -0.3 is 14.2 Å². The Bertz CT molecular complexity index is 1800. The molecular formula is C34H21F9O3. The van der Waals surface area contributed by atoms with Gasteiger partial charge in [-0.3, -0.25) is 0 Å². The third-order valence-corrected chi connectivity index (χ3v) is 6.00. The maximum absolute atomic E-state index is 14.8. The van der Waals surface area contributed by atoms with Crippen molar-refractivity contribution in [1.82, 2.24) is 0 Å². The van der Waals surface area contributed by atoms with Gasteiger partial charge in [0, 0.05) is 22.8 Å². The van der Waals surface area contributed by atoms with Crippen LogP contribution in [0.5, 0.6) is 17.2 Å². The SMILES string of the molecule is CCCCOc1ccc(C#Cc2ccc(C(F)(F)Oc3ccc(C#Cc4cc(F)c(OC(F)(F)F)c(F)c4)c(F)c3)c(F)c2)cc1. The Hall–Kier alpha value is -5.23. The molecule has 0 N–H and O–H groups in total. The van der Waals surface area contributed by atoms with E-state index in [1.165, 1.54) is 0 Å². The first-order chi connectivity index (χ1) is 21.7. The summed E-state index contributed by atoms with van der Waals surface area (Å²) in [4.78, 5) is 0. The Morgan fingerprint density at radius 2 is 1.17 bits per heavy atom. The third kappa shape index (κ3) is 9.14. The van der Waals surface area contributed by atoms with Crippen LogP contribution in [0.2, 0.25) is 0 Å². The van der Waals surface area contributed by atoms with Gasteiger partial charge in [0.05, 0.1) is 12.2 Å². The summed E-state index contributed by atoms with van der Waals surface area (Å²) in [5.74, 6) is 2.15. The molecule has 4 aromatic carbocycles. The zero-order valence-corrected chi connectivity index (χ0v) is 23.7. The molecule has 0 unspecified atom stereocenters. The first kappa shape index (κ1) is 33.7. The molecule has 12 heteroatoms. The van der Waals surface area contributed by atoms with Crippen LogP contribution in [0.3, 0.4) is 0 Å². The van der Waals surface area contributed by atoms with Crippen LogP contribution in [0.25, 0.3) is 0 Å². The maximum Gasteiger partial charge on any atom is 0.573 e. The van der Waals surface area contributed by atoms with Gasteiger partial charge in [-0.25, -0.2) is 17.6 Å². The number of alkyl halides is 5. The fourth-order valence-corrected chi connectivity index (χ4v) is 3.79. The van der Waals surface area contributed by atoms with Crippen LogP contribution < -0.4 is 14.2 Å². The lowest BCUT2D eigenvalue weighted by molar-refractivity contribution is -0.276. The van der Waals surface area contributed by atoms with Gasteiger partial charge in [-0.1, -0.05) is 37.0 Å². The van der Waals surface area contributed by atoms with Crippen molar-refractivity contribution in [2.24, 2.45) is 0 Å². The van der Waals surface area contributed by atoms with Gasteiger partial charge >= 0.3 is 12.5 Å². The molecule has 46 heavy (non-hydrogen) atoms. The number of halogens is 9. The van der Waals surface area contributed by atoms with E-state index in [4.69, 9.17) is 4.74 Å². The minimum atomic E-state index is -5.35. The van der Waals surface area contributed by atoms with Gasteiger partial charge in [-0.05, 0) is 73.2 Å². The second kappa shape index (κ2) is 14.2. The smallest absolute Gasteiger partial charge is 0.494 e. The van der Waals surface area contributed by atoms with Crippen LogP contribution >= 0.6 is 0 Å². The average Bonchev–Trinajstić information content (AvgIpc) is 2.97. The number of rotatable bonds is 8. The third-order valence-electron chi connectivity index (χ3n) is 6.00. The first-order valence-corrected chi connectivity index (χ1v) is 13.4. The van der Waals surface area contributed by atoms with E-state index >= 15 is 0 Å². The number of unbranched alkanes of at least 4 members (excludes halogenated alkanes) is 1. The number of hydrogen-bond donors (Lipinski definition) is 0. The molecule has 0 aliphatic rings. The Balaban J connectivity index is 1.44. The highest BCUT2D eigenvalue weighted by Crippen LogP contribution is 2.34. The number of benzene rings is 4. The van der Waals surface area contributed by atoms with Crippen molar-refractivity contribution in [3.05, 3.63) is 124 Å². The largest absolute Gasteiger partial charge is 0.573 e. The van der Waals surface area contributed by atoms with Crippen LogP contribution in [0, 0.1) is 47.0 Å². The van der Waals surface area contributed by atoms with Crippen LogP contribution in [-0.4, -0.2) is 13.0 Å². The molecule has 3 nitrogen and oxygen atoms in total. The van der Waals surface area contributed by atoms with Crippen LogP contribution in [0.1, 0.15) is 47.6 Å². The normalized spacial score (nSPS) is 11.2. The standard InChI is InChI=1S/C34H21F9O3/c1-2-3-16-44-25-12-7-21(8-13-25)4-5-22-9-15-27(29(36)17-22)33(39,40)45-26-14-11-24(28(35)20-26)10-6-23-18-30(37)32(31(38)19-23)46-34(41,42)43/h7-9,11-15,17-20H,2-3,16H2,1H3. The first-order valence-electron chi connectivity index (χ1n) is 13.4. The van der Waals surface area contributed by atoms with E-state index in [1.807, 2.05) is 6.92 Å². The molecule has 4 aromatic rings. The van der Waals surface area contributed by atoms with Crippen molar-refractivity contribution < 1.29 is 53.7 Å².